The van der Waals surface area contributed by atoms with Crippen LogP contribution in [0.5, 0.6) is 23.0 Å². The quantitative estimate of drug-likeness (QED) is 0.534. The van der Waals surface area contributed by atoms with E-state index in [9.17, 15) is 9.59 Å². The van der Waals surface area contributed by atoms with Crippen molar-refractivity contribution in [3.8, 4) is 23.0 Å². The molecule has 1 N–H and O–H groups in total. The Morgan fingerprint density at radius 3 is 2.33 bits per heavy atom. The molecule has 142 valence electrons. The molecular weight excluding hydrogens is 352 g/mol. The zero-order chi connectivity index (χ0) is 19.8. The zero-order valence-corrected chi connectivity index (χ0v) is 15.2. The topological polar surface area (TPSA) is 91.3 Å². The van der Waals surface area contributed by atoms with E-state index in [1.165, 1.54) is 33.5 Å². The lowest BCUT2D eigenvalue weighted by Gasteiger charge is -2.13. The van der Waals surface area contributed by atoms with Gasteiger partial charge in [-0.05, 0) is 36.4 Å². The highest BCUT2D eigenvalue weighted by Gasteiger charge is 2.14. The first-order valence-corrected chi connectivity index (χ1v) is 7.96. The minimum atomic E-state index is -1.09. The summed E-state index contributed by atoms with van der Waals surface area (Å²) in [6.07, 6.45) is 2.95. The Bertz CT molecular complexity index is 855. The summed E-state index contributed by atoms with van der Waals surface area (Å²) < 4.78 is 21.1. The van der Waals surface area contributed by atoms with Gasteiger partial charge in [-0.25, -0.2) is 4.79 Å². The van der Waals surface area contributed by atoms with Crippen molar-refractivity contribution in [2.24, 2.45) is 0 Å². The molecule has 0 aliphatic heterocycles. The van der Waals surface area contributed by atoms with E-state index in [0.717, 1.165) is 0 Å². The summed E-state index contributed by atoms with van der Waals surface area (Å²) in [5, 5.41) is 8.67. The number of allylic oxidation sites excluding steroid dienone is 1. The van der Waals surface area contributed by atoms with E-state index in [2.05, 4.69) is 0 Å². The second-order valence-electron chi connectivity index (χ2n) is 5.32. The van der Waals surface area contributed by atoms with E-state index in [-0.39, 0.29) is 5.78 Å². The molecule has 7 nitrogen and oxygen atoms in total. The van der Waals surface area contributed by atoms with Crippen molar-refractivity contribution >= 4 is 17.8 Å². The molecule has 0 aromatic heterocycles. The molecule has 0 saturated heterocycles. The summed E-state index contributed by atoms with van der Waals surface area (Å²) in [7, 11) is 4.54. The first kappa shape index (κ1) is 19.8. The largest absolute Gasteiger partial charge is 0.496 e. The molecule has 2 rings (SSSR count). The van der Waals surface area contributed by atoms with Crippen LogP contribution >= 0.6 is 0 Å². The van der Waals surface area contributed by atoms with Crippen LogP contribution in [0.1, 0.15) is 15.9 Å². The van der Waals surface area contributed by atoms with Crippen molar-refractivity contribution in [1.29, 1.82) is 0 Å². The Hall–Kier alpha value is -3.48. The van der Waals surface area contributed by atoms with Crippen LogP contribution in [0, 0.1) is 0 Å². The third-order valence-corrected chi connectivity index (χ3v) is 3.65. The van der Waals surface area contributed by atoms with Crippen molar-refractivity contribution < 1.29 is 33.6 Å². The number of benzene rings is 2. The van der Waals surface area contributed by atoms with Crippen LogP contribution in [0.2, 0.25) is 0 Å². The molecule has 0 amide bonds. The van der Waals surface area contributed by atoms with Gasteiger partial charge in [-0.3, -0.25) is 4.79 Å². The molecule has 7 heteroatoms. The molecule has 0 spiro atoms. The molecule has 0 fully saturated rings. The van der Waals surface area contributed by atoms with Gasteiger partial charge in [0.1, 0.15) is 11.5 Å². The Morgan fingerprint density at radius 2 is 1.70 bits per heavy atom. The number of hydrogen-bond acceptors (Lipinski definition) is 6. The van der Waals surface area contributed by atoms with Crippen LogP contribution in [0.25, 0.3) is 6.08 Å². The number of ether oxygens (including phenoxy) is 4. The number of rotatable bonds is 9. The second-order valence-corrected chi connectivity index (χ2v) is 5.32. The Morgan fingerprint density at radius 1 is 1.00 bits per heavy atom. The van der Waals surface area contributed by atoms with Crippen molar-refractivity contribution in [2.45, 2.75) is 0 Å². The normalized spacial score (nSPS) is 10.5. The van der Waals surface area contributed by atoms with Gasteiger partial charge >= 0.3 is 5.97 Å². The van der Waals surface area contributed by atoms with Crippen LogP contribution < -0.4 is 18.9 Å². The van der Waals surface area contributed by atoms with E-state index in [1.54, 1.807) is 36.4 Å². The summed E-state index contributed by atoms with van der Waals surface area (Å²) in [5.74, 6) is 0.392. The number of carboxylic acids is 1. The number of hydrogen-bond donors (Lipinski definition) is 1. The third kappa shape index (κ3) is 5.01. The highest BCUT2D eigenvalue weighted by Crippen LogP contribution is 2.38. The molecular formula is C20H20O7. The fourth-order valence-corrected chi connectivity index (χ4v) is 2.41. The summed E-state index contributed by atoms with van der Waals surface area (Å²) >= 11 is 0. The average molecular weight is 372 g/mol. The average Bonchev–Trinajstić information content (AvgIpc) is 2.69. The van der Waals surface area contributed by atoms with Crippen molar-refractivity contribution in [3.05, 3.63) is 53.6 Å². The van der Waals surface area contributed by atoms with Gasteiger partial charge in [-0.2, -0.15) is 0 Å². The van der Waals surface area contributed by atoms with Gasteiger partial charge in [0.05, 0.1) is 26.9 Å². The van der Waals surface area contributed by atoms with Gasteiger partial charge in [0.15, 0.2) is 23.9 Å². The van der Waals surface area contributed by atoms with Gasteiger partial charge in [-0.15, -0.1) is 0 Å². The van der Waals surface area contributed by atoms with E-state index in [0.29, 0.717) is 34.1 Å². The molecule has 0 unspecified atom stereocenters. The molecule has 0 bridgehead atoms. The minimum Gasteiger partial charge on any atom is -0.496 e. The van der Waals surface area contributed by atoms with Crippen LogP contribution in [-0.4, -0.2) is 44.8 Å². The monoisotopic (exact) mass is 372 g/mol. The van der Waals surface area contributed by atoms with Crippen LogP contribution in [0.3, 0.4) is 0 Å². The fourth-order valence-electron chi connectivity index (χ4n) is 2.41. The number of carbonyl (C=O) groups excluding carboxylic acids is 1. The lowest BCUT2D eigenvalue weighted by Crippen LogP contribution is -2.09. The van der Waals surface area contributed by atoms with Crippen molar-refractivity contribution in [2.75, 3.05) is 27.9 Å². The summed E-state index contributed by atoms with van der Waals surface area (Å²) in [6.45, 7) is -0.480. The Kier molecular flexibility index (Phi) is 6.82. The maximum Gasteiger partial charge on any atom is 0.341 e. The smallest absolute Gasteiger partial charge is 0.341 e. The minimum absolute atomic E-state index is 0.289. The number of ketones is 1. The van der Waals surface area contributed by atoms with Crippen LogP contribution in [0.4, 0.5) is 0 Å². The standard InChI is InChI=1S/C20H20O7/c1-24-17-9-10-18(25-2)20(26-3)15(17)7-8-16(21)13-5-4-6-14(11-13)27-12-19(22)23/h4-11H,12H2,1-3H3,(H,22,23)/b8-7+. The van der Waals surface area contributed by atoms with Gasteiger partial charge in [0, 0.05) is 5.56 Å². The fraction of sp³-hybridized carbons (Fsp3) is 0.200. The molecule has 2 aromatic carbocycles. The highest BCUT2D eigenvalue weighted by molar-refractivity contribution is 6.07. The first-order valence-electron chi connectivity index (χ1n) is 7.96. The number of aliphatic carboxylic acids is 1. The predicted octanol–water partition coefficient (Wildman–Crippen LogP) is 3.07. The number of carbonyl (C=O) groups is 2. The zero-order valence-electron chi connectivity index (χ0n) is 15.2. The molecule has 0 aliphatic carbocycles. The van der Waals surface area contributed by atoms with E-state index in [1.807, 2.05) is 0 Å². The molecule has 0 atom stereocenters. The third-order valence-electron chi connectivity index (χ3n) is 3.65. The van der Waals surface area contributed by atoms with Gasteiger partial charge in [0.25, 0.3) is 0 Å². The second kappa shape index (κ2) is 9.28. The SMILES string of the molecule is COc1ccc(OC)c(OC)c1/C=C/C(=O)c1cccc(OCC(=O)O)c1. The van der Waals surface area contributed by atoms with Gasteiger partial charge in [0.2, 0.25) is 0 Å². The lowest BCUT2D eigenvalue weighted by molar-refractivity contribution is -0.139. The van der Waals surface area contributed by atoms with E-state index >= 15 is 0 Å². The number of carboxylic acid groups (broad SMARTS) is 1. The summed E-state index contributed by atoms with van der Waals surface area (Å²) in [4.78, 5) is 23.1. The maximum absolute atomic E-state index is 12.5. The van der Waals surface area contributed by atoms with Crippen molar-refractivity contribution in [1.82, 2.24) is 0 Å². The summed E-state index contributed by atoms with van der Waals surface area (Å²) in [6, 6.07) is 9.71. The van der Waals surface area contributed by atoms with E-state index < -0.39 is 12.6 Å². The number of methoxy groups -OCH3 is 3. The first-order chi connectivity index (χ1) is 13.0. The van der Waals surface area contributed by atoms with Crippen LogP contribution in [0.15, 0.2) is 42.5 Å². The maximum atomic E-state index is 12.5. The van der Waals surface area contributed by atoms with Gasteiger partial charge in [-0.1, -0.05) is 12.1 Å². The van der Waals surface area contributed by atoms with Crippen molar-refractivity contribution in [3.63, 3.8) is 0 Å². The Balaban J connectivity index is 2.29. The molecule has 0 heterocycles. The van der Waals surface area contributed by atoms with E-state index in [4.69, 9.17) is 24.1 Å². The molecule has 27 heavy (non-hydrogen) atoms. The lowest BCUT2D eigenvalue weighted by atomic mass is 10.1. The molecule has 2 aromatic rings. The molecule has 0 saturated carbocycles. The van der Waals surface area contributed by atoms with Gasteiger partial charge < -0.3 is 24.1 Å². The predicted molar refractivity (Wildman–Crippen MR) is 99.0 cm³/mol. The Labute approximate surface area is 156 Å². The highest BCUT2D eigenvalue weighted by atomic mass is 16.5. The summed E-state index contributed by atoms with van der Waals surface area (Å²) in [5.41, 5.74) is 0.918. The molecule has 0 aliphatic rings. The molecule has 0 radical (unpaired) electrons. The van der Waals surface area contributed by atoms with Crippen LogP contribution in [-0.2, 0) is 4.79 Å².